The van der Waals surface area contributed by atoms with E-state index in [0.717, 1.165) is 46.8 Å². The fourth-order valence-corrected chi connectivity index (χ4v) is 3.82. The molecule has 0 unspecified atom stereocenters. The molecule has 4 aromatic rings. The number of benzene rings is 2. The summed E-state index contributed by atoms with van der Waals surface area (Å²) in [5.41, 5.74) is 5.41. The van der Waals surface area contributed by atoms with Crippen LogP contribution in [0.2, 0.25) is 0 Å². The molecule has 2 aromatic carbocycles. The lowest BCUT2D eigenvalue weighted by atomic mass is 10.1. The third-order valence-electron chi connectivity index (χ3n) is 5.36. The Morgan fingerprint density at radius 3 is 2.32 bits per heavy atom. The van der Waals surface area contributed by atoms with Crippen molar-refractivity contribution >= 4 is 16.9 Å². The summed E-state index contributed by atoms with van der Waals surface area (Å²) < 4.78 is 12.9. The molecule has 0 fully saturated rings. The molecule has 0 aliphatic rings. The number of aryl methyl sites for hydroxylation is 1. The van der Waals surface area contributed by atoms with E-state index in [4.69, 9.17) is 19.4 Å². The van der Waals surface area contributed by atoms with Crippen molar-refractivity contribution < 1.29 is 9.47 Å². The summed E-state index contributed by atoms with van der Waals surface area (Å²) >= 11 is 0. The van der Waals surface area contributed by atoms with Crippen LogP contribution in [0.3, 0.4) is 0 Å². The topological polar surface area (TPSA) is 52.4 Å². The van der Waals surface area contributed by atoms with Crippen LogP contribution in [0.5, 0.6) is 0 Å². The van der Waals surface area contributed by atoms with Crippen LogP contribution in [-0.2, 0) is 9.47 Å². The van der Waals surface area contributed by atoms with Gasteiger partial charge in [-0.3, -0.25) is 0 Å². The number of hydrogen-bond acceptors (Lipinski definition) is 5. The molecule has 0 radical (unpaired) electrons. The van der Waals surface area contributed by atoms with Gasteiger partial charge in [0, 0.05) is 44.8 Å². The molecule has 4 rings (SSSR count). The lowest BCUT2D eigenvalue weighted by molar-refractivity contribution is 0.190. The number of nitrogens with zero attached hydrogens (tertiary/aromatic N) is 4. The molecule has 0 aliphatic carbocycles. The minimum Gasteiger partial charge on any atom is -0.383 e. The van der Waals surface area contributed by atoms with E-state index in [9.17, 15) is 0 Å². The van der Waals surface area contributed by atoms with Gasteiger partial charge in [0.25, 0.3) is 0 Å². The zero-order valence-electron chi connectivity index (χ0n) is 18.3. The molecule has 0 N–H and O–H groups in total. The van der Waals surface area contributed by atoms with Crippen LogP contribution in [0.4, 0.5) is 5.82 Å². The van der Waals surface area contributed by atoms with Crippen LogP contribution in [-0.4, -0.2) is 55.1 Å². The molecule has 0 saturated heterocycles. The number of hydrogen-bond donors (Lipinski definition) is 0. The van der Waals surface area contributed by atoms with Crippen molar-refractivity contribution in [3.8, 4) is 16.8 Å². The van der Waals surface area contributed by atoms with Gasteiger partial charge in [0.1, 0.15) is 12.1 Å². The van der Waals surface area contributed by atoms with Crippen LogP contribution in [0.15, 0.2) is 67.1 Å². The van der Waals surface area contributed by atoms with Gasteiger partial charge in [0.05, 0.1) is 18.6 Å². The second kappa shape index (κ2) is 9.73. The highest BCUT2D eigenvalue weighted by molar-refractivity contribution is 6.02. The number of methoxy groups -OCH3 is 2. The van der Waals surface area contributed by atoms with E-state index in [1.54, 1.807) is 20.5 Å². The molecule has 0 amide bonds. The smallest absolute Gasteiger partial charge is 0.150 e. The highest BCUT2D eigenvalue weighted by Gasteiger charge is 2.20. The third-order valence-corrected chi connectivity index (χ3v) is 5.36. The summed E-state index contributed by atoms with van der Waals surface area (Å²) in [6.07, 6.45) is 3.81. The Morgan fingerprint density at radius 2 is 1.65 bits per heavy atom. The lowest BCUT2D eigenvalue weighted by Crippen LogP contribution is -2.31. The maximum Gasteiger partial charge on any atom is 0.150 e. The van der Waals surface area contributed by atoms with Gasteiger partial charge in [0.15, 0.2) is 5.65 Å². The molecule has 160 valence electrons. The van der Waals surface area contributed by atoms with Crippen LogP contribution < -0.4 is 4.90 Å². The molecule has 2 aromatic heterocycles. The Hall–Kier alpha value is -3.22. The zero-order chi connectivity index (χ0) is 21.6. The quantitative estimate of drug-likeness (QED) is 0.402. The molecular formula is C25H28N4O2. The number of ether oxygens (including phenoxy) is 2. The molecule has 31 heavy (non-hydrogen) atoms. The molecule has 6 heteroatoms. The van der Waals surface area contributed by atoms with Crippen LogP contribution in [0.25, 0.3) is 27.8 Å². The molecule has 0 spiro atoms. The first-order chi connectivity index (χ1) is 15.2. The van der Waals surface area contributed by atoms with Crippen molar-refractivity contribution in [2.75, 3.05) is 45.4 Å². The van der Waals surface area contributed by atoms with Gasteiger partial charge in [-0.05, 0) is 30.2 Å². The fourth-order valence-electron chi connectivity index (χ4n) is 3.82. The summed E-state index contributed by atoms with van der Waals surface area (Å²) in [6, 6.07) is 18.9. The molecule has 0 atom stereocenters. The molecule has 2 heterocycles. The second-order valence-corrected chi connectivity index (χ2v) is 7.49. The van der Waals surface area contributed by atoms with Crippen LogP contribution in [0, 0.1) is 6.92 Å². The first-order valence-electron chi connectivity index (χ1n) is 10.4. The van der Waals surface area contributed by atoms with E-state index in [-0.39, 0.29) is 0 Å². The molecule has 0 saturated carbocycles. The van der Waals surface area contributed by atoms with Gasteiger partial charge >= 0.3 is 0 Å². The predicted octanol–water partition coefficient (Wildman–Crippen LogP) is 4.50. The molecule has 0 aliphatic heterocycles. The normalized spacial score (nSPS) is 11.2. The molecule has 6 nitrogen and oxygen atoms in total. The fraction of sp³-hybridized carbons (Fsp3) is 0.280. The van der Waals surface area contributed by atoms with Gasteiger partial charge < -0.3 is 18.9 Å². The Morgan fingerprint density at radius 1 is 0.903 bits per heavy atom. The van der Waals surface area contributed by atoms with Crippen molar-refractivity contribution in [2.45, 2.75) is 6.92 Å². The Bertz CT molecular complexity index is 1130. The van der Waals surface area contributed by atoms with E-state index < -0.39 is 0 Å². The van der Waals surface area contributed by atoms with E-state index in [0.29, 0.717) is 13.2 Å². The number of anilines is 1. The number of rotatable bonds is 9. The van der Waals surface area contributed by atoms with Gasteiger partial charge in [-0.25, -0.2) is 9.97 Å². The Balaban J connectivity index is 1.95. The van der Waals surface area contributed by atoms with E-state index in [2.05, 4.69) is 71.1 Å². The van der Waals surface area contributed by atoms with Crippen LogP contribution >= 0.6 is 0 Å². The maximum atomic E-state index is 5.36. The summed E-state index contributed by atoms with van der Waals surface area (Å²) in [5.74, 6) is 0.893. The van der Waals surface area contributed by atoms with E-state index in [1.165, 1.54) is 5.56 Å². The molecular weight excluding hydrogens is 388 g/mol. The maximum absolute atomic E-state index is 5.36. The van der Waals surface area contributed by atoms with Gasteiger partial charge in [-0.1, -0.05) is 42.5 Å². The minimum atomic E-state index is 0.606. The SMILES string of the molecule is COCCN(CCOC)c1ncnc2c1c(-c1ccccc1)cn2-c1cccc(C)c1. The third kappa shape index (κ3) is 4.45. The van der Waals surface area contributed by atoms with E-state index >= 15 is 0 Å². The van der Waals surface area contributed by atoms with Crippen molar-refractivity contribution in [1.29, 1.82) is 0 Å². The predicted molar refractivity (Wildman–Crippen MR) is 125 cm³/mol. The average Bonchev–Trinajstić information content (AvgIpc) is 3.20. The highest BCUT2D eigenvalue weighted by Crippen LogP contribution is 2.36. The monoisotopic (exact) mass is 416 g/mol. The number of fused-ring (bicyclic) bond motifs is 1. The second-order valence-electron chi connectivity index (χ2n) is 7.49. The standard InChI is InChI=1S/C25H28N4O2/c1-19-8-7-11-21(16-19)29-17-22(20-9-5-4-6-10-20)23-24(26-18-27-25(23)29)28(12-14-30-2)13-15-31-3/h4-11,16-18H,12-15H2,1-3H3. The van der Waals surface area contributed by atoms with Crippen molar-refractivity contribution in [3.05, 3.63) is 72.7 Å². The highest BCUT2D eigenvalue weighted by atomic mass is 16.5. The van der Waals surface area contributed by atoms with Gasteiger partial charge in [0.2, 0.25) is 0 Å². The Kier molecular flexibility index (Phi) is 6.60. The summed E-state index contributed by atoms with van der Waals surface area (Å²) in [5, 5.41) is 1.03. The lowest BCUT2D eigenvalue weighted by Gasteiger charge is -2.24. The zero-order valence-corrected chi connectivity index (χ0v) is 18.3. The largest absolute Gasteiger partial charge is 0.383 e. The van der Waals surface area contributed by atoms with Crippen molar-refractivity contribution in [1.82, 2.24) is 14.5 Å². The Labute approximate surface area is 183 Å². The van der Waals surface area contributed by atoms with Crippen molar-refractivity contribution in [2.24, 2.45) is 0 Å². The molecule has 0 bridgehead atoms. The number of aromatic nitrogens is 3. The van der Waals surface area contributed by atoms with Gasteiger partial charge in [-0.15, -0.1) is 0 Å². The first-order valence-corrected chi connectivity index (χ1v) is 10.4. The summed E-state index contributed by atoms with van der Waals surface area (Å²) in [4.78, 5) is 11.6. The first kappa shape index (κ1) is 21.0. The summed E-state index contributed by atoms with van der Waals surface area (Å²) in [7, 11) is 3.43. The van der Waals surface area contributed by atoms with E-state index in [1.807, 2.05) is 6.07 Å². The minimum absolute atomic E-state index is 0.606. The average molecular weight is 417 g/mol. The van der Waals surface area contributed by atoms with Gasteiger partial charge in [-0.2, -0.15) is 0 Å². The summed E-state index contributed by atoms with van der Waals surface area (Å²) in [6.45, 7) is 4.75. The van der Waals surface area contributed by atoms with Crippen LogP contribution in [0.1, 0.15) is 5.56 Å². The van der Waals surface area contributed by atoms with Crippen molar-refractivity contribution in [3.63, 3.8) is 0 Å².